The second kappa shape index (κ2) is 5.58. The van der Waals surface area contributed by atoms with Gasteiger partial charge in [-0.15, -0.1) is 0 Å². The predicted molar refractivity (Wildman–Crippen MR) is 59.6 cm³/mol. The Labute approximate surface area is 85.5 Å². The highest BCUT2D eigenvalue weighted by Crippen LogP contribution is 2.20. The van der Waals surface area contributed by atoms with Crippen LogP contribution >= 0.6 is 0 Å². The lowest BCUT2D eigenvalue weighted by atomic mass is 10.0. The first-order valence-corrected chi connectivity index (χ1v) is 5.19. The van der Waals surface area contributed by atoms with E-state index in [1.54, 1.807) is 0 Å². The number of halogens is 1. The van der Waals surface area contributed by atoms with Crippen molar-refractivity contribution in [2.75, 3.05) is 0 Å². The summed E-state index contributed by atoms with van der Waals surface area (Å²) in [6.45, 7) is 4.21. The molecule has 0 saturated heterocycles. The lowest BCUT2D eigenvalue weighted by molar-refractivity contribution is 0.627. The lowest BCUT2D eigenvalue weighted by Crippen LogP contribution is -1.85. The van der Waals surface area contributed by atoms with Crippen LogP contribution in [0.15, 0.2) is 30.3 Å². The van der Waals surface area contributed by atoms with Crippen LogP contribution in [0.1, 0.15) is 38.7 Å². The van der Waals surface area contributed by atoms with Crippen molar-refractivity contribution in [3.63, 3.8) is 0 Å². The molecule has 14 heavy (non-hydrogen) atoms. The van der Waals surface area contributed by atoms with Crippen molar-refractivity contribution in [2.45, 2.75) is 33.1 Å². The van der Waals surface area contributed by atoms with Crippen LogP contribution in [0.25, 0.3) is 5.57 Å². The molecule has 0 saturated carbocycles. The van der Waals surface area contributed by atoms with Gasteiger partial charge >= 0.3 is 0 Å². The largest absolute Gasteiger partial charge is 0.207 e. The van der Waals surface area contributed by atoms with Crippen LogP contribution in [0, 0.1) is 5.82 Å². The van der Waals surface area contributed by atoms with Crippen molar-refractivity contribution in [1.29, 1.82) is 0 Å². The number of unbranched alkanes of at least 4 members (excludes halogenated alkanes) is 1. The molecule has 0 nitrogen and oxygen atoms in total. The molecule has 0 aromatic heterocycles. The maximum absolute atomic E-state index is 12.7. The zero-order valence-electron chi connectivity index (χ0n) is 8.89. The van der Waals surface area contributed by atoms with E-state index in [2.05, 4.69) is 13.0 Å². The summed E-state index contributed by atoms with van der Waals surface area (Å²) >= 11 is 0. The Hall–Kier alpha value is -1.11. The normalized spacial score (nSPS) is 11.8. The summed E-state index contributed by atoms with van der Waals surface area (Å²) in [5.41, 5.74) is 2.45. The minimum atomic E-state index is -0.167. The van der Waals surface area contributed by atoms with E-state index in [1.165, 1.54) is 30.5 Å². The van der Waals surface area contributed by atoms with Gasteiger partial charge < -0.3 is 0 Å². The van der Waals surface area contributed by atoms with Crippen LogP contribution in [0.4, 0.5) is 4.39 Å². The fraction of sp³-hybridized carbons (Fsp3) is 0.385. The van der Waals surface area contributed by atoms with Gasteiger partial charge in [-0.05, 0) is 43.0 Å². The van der Waals surface area contributed by atoms with Gasteiger partial charge in [0.15, 0.2) is 0 Å². The molecule has 1 aromatic rings. The van der Waals surface area contributed by atoms with Crippen LogP contribution in [0.5, 0.6) is 0 Å². The molecule has 0 heterocycles. The molecule has 0 radical (unpaired) electrons. The molecule has 0 spiro atoms. The van der Waals surface area contributed by atoms with E-state index in [0.29, 0.717) is 0 Å². The summed E-state index contributed by atoms with van der Waals surface area (Å²) < 4.78 is 12.7. The second-order valence-corrected chi connectivity index (χ2v) is 3.42. The number of allylic oxidation sites excluding steroid dienone is 2. The van der Waals surface area contributed by atoms with E-state index in [4.69, 9.17) is 0 Å². The monoisotopic (exact) mass is 192 g/mol. The molecule has 0 aliphatic heterocycles. The van der Waals surface area contributed by atoms with Gasteiger partial charge in [0.05, 0.1) is 0 Å². The Bertz CT molecular complexity index is 296. The van der Waals surface area contributed by atoms with E-state index >= 15 is 0 Å². The first-order chi connectivity index (χ1) is 6.77. The van der Waals surface area contributed by atoms with Gasteiger partial charge in [0.1, 0.15) is 5.82 Å². The number of hydrogen-bond donors (Lipinski definition) is 0. The summed E-state index contributed by atoms with van der Waals surface area (Å²) in [6.07, 6.45) is 5.58. The zero-order chi connectivity index (χ0) is 10.4. The van der Waals surface area contributed by atoms with Crippen molar-refractivity contribution in [3.05, 3.63) is 41.7 Å². The molecule has 1 aromatic carbocycles. The molecule has 0 unspecified atom stereocenters. The average molecular weight is 192 g/mol. The fourth-order valence-electron chi connectivity index (χ4n) is 1.49. The van der Waals surface area contributed by atoms with Gasteiger partial charge in [0.25, 0.3) is 0 Å². The van der Waals surface area contributed by atoms with Crippen molar-refractivity contribution in [2.24, 2.45) is 0 Å². The summed E-state index contributed by atoms with van der Waals surface area (Å²) in [5.74, 6) is -0.167. The molecule has 0 N–H and O–H groups in total. The maximum Gasteiger partial charge on any atom is 0.123 e. The summed E-state index contributed by atoms with van der Waals surface area (Å²) in [7, 11) is 0. The van der Waals surface area contributed by atoms with E-state index in [1.807, 2.05) is 19.1 Å². The molecule has 1 rings (SSSR count). The number of hydrogen-bond acceptors (Lipinski definition) is 0. The molecule has 0 amide bonds. The maximum atomic E-state index is 12.7. The highest BCUT2D eigenvalue weighted by molar-refractivity contribution is 5.65. The number of benzene rings is 1. The van der Waals surface area contributed by atoms with Crippen LogP contribution in [-0.4, -0.2) is 0 Å². The first kappa shape index (κ1) is 11.0. The highest BCUT2D eigenvalue weighted by atomic mass is 19.1. The van der Waals surface area contributed by atoms with Gasteiger partial charge in [-0.25, -0.2) is 4.39 Å². The minimum Gasteiger partial charge on any atom is -0.207 e. The lowest BCUT2D eigenvalue weighted by Gasteiger charge is -2.06. The quantitative estimate of drug-likeness (QED) is 0.662. The zero-order valence-corrected chi connectivity index (χ0v) is 8.89. The van der Waals surface area contributed by atoms with Crippen molar-refractivity contribution in [1.82, 2.24) is 0 Å². The standard InChI is InChI=1S/C13H17F/c1-3-5-6-11(4-2)12-7-9-13(14)10-8-12/h4,7-10H,3,5-6H2,1-2H3. The van der Waals surface area contributed by atoms with Crippen LogP contribution in [0.2, 0.25) is 0 Å². The molecule has 0 atom stereocenters. The van der Waals surface area contributed by atoms with Gasteiger partial charge in [0, 0.05) is 0 Å². The van der Waals surface area contributed by atoms with Gasteiger partial charge in [0.2, 0.25) is 0 Å². The Kier molecular flexibility index (Phi) is 4.37. The molecule has 0 aliphatic rings. The molecular weight excluding hydrogens is 175 g/mol. The van der Waals surface area contributed by atoms with E-state index in [9.17, 15) is 4.39 Å². The molecule has 0 fully saturated rings. The Morgan fingerprint density at radius 2 is 1.93 bits per heavy atom. The Balaban J connectivity index is 2.75. The predicted octanol–water partition coefficient (Wildman–Crippen LogP) is 4.42. The van der Waals surface area contributed by atoms with E-state index in [-0.39, 0.29) is 5.82 Å². The van der Waals surface area contributed by atoms with Gasteiger partial charge in [-0.1, -0.05) is 31.6 Å². The fourth-order valence-corrected chi connectivity index (χ4v) is 1.49. The Morgan fingerprint density at radius 1 is 1.29 bits per heavy atom. The summed E-state index contributed by atoms with van der Waals surface area (Å²) in [5, 5.41) is 0. The van der Waals surface area contributed by atoms with Crippen molar-refractivity contribution < 1.29 is 4.39 Å². The van der Waals surface area contributed by atoms with Crippen LogP contribution in [-0.2, 0) is 0 Å². The van der Waals surface area contributed by atoms with E-state index in [0.717, 1.165) is 12.0 Å². The minimum absolute atomic E-state index is 0.167. The third kappa shape index (κ3) is 2.99. The molecule has 1 heteroatoms. The highest BCUT2D eigenvalue weighted by Gasteiger charge is 1.99. The topological polar surface area (TPSA) is 0 Å². The second-order valence-electron chi connectivity index (χ2n) is 3.42. The summed E-state index contributed by atoms with van der Waals surface area (Å²) in [6, 6.07) is 6.73. The third-order valence-corrected chi connectivity index (χ3v) is 2.36. The van der Waals surface area contributed by atoms with Gasteiger partial charge in [-0.2, -0.15) is 0 Å². The van der Waals surface area contributed by atoms with Crippen LogP contribution in [0.3, 0.4) is 0 Å². The molecule has 0 bridgehead atoms. The van der Waals surface area contributed by atoms with Crippen LogP contribution < -0.4 is 0 Å². The smallest absolute Gasteiger partial charge is 0.123 e. The SMILES string of the molecule is CC=C(CCCC)c1ccc(F)cc1. The first-order valence-electron chi connectivity index (χ1n) is 5.19. The molecule has 0 aliphatic carbocycles. The number of rotatable bonds is 4. The molecular formula is C13H17F. The van der Waals surface area contributed by atoms with Gasteiger partial charge in [-0.3, -0.25) is 0 Å². The van der Waals surface area contributed by atoms with Crippen molar-refractivity contribution >= 4 is 5.57 Å². The molecule has 76 valence electrons. The third-order valence-electron chi connectivity index (χ3n) is 2.36. The Morgan fingerprint density at radius 3 is 2.43 bits per heavy atom. The summed E-state index contributed by atoms with van der Waals surface area (Å²) in [4.78, 5) is 0. The average Bonchev–Trinajstić information content (AvgIpc) is 2.21. The van der Waals surface area contributed by atoms with E-state index < -0.39 is 0 Å². The van der Waals surface area contributed by atoms with Crippen molar-refractivity contribution in [3.8, 4) is 0 Å².